The third kappa shape index (κ3) is 4.03. The van der Waals surface area contributed by atoms with E-state index in [1.165, 1.54) is 45.6 Å². The van der Waals surface area contributed by atoms with Crippen molar-refractivity contribution in [1.29, 1.82) is 0 Å². The van der Waals surface area contributed by atoms with E-state index in [1.807, 2.05) is 0 Å². The van der Waals surface area contributed by atoms with Crippen molar-refractivity contribution < 1.29 is 28.8 Å². The zero-order chi connectivity index (χ0) is 18.4. The largest absolute Gasteiger partial charge is 0.504 e. The minimum absolute atomic E-state index is 0.0264. The molecule has 132 valence electrons. The maximum Gasteiger partial charge on any atom is 0.185 e. The molecule has 0 saturated carbocycles. The summed E-state index contributed by atoms with van der Waals surface area (Å²) in [5, 5.41) is 9.61. The molecule has 0 aliphatic carbocycles. The number of carbonyl (C=O) groups excluding carboxylic acids is 1. The fourth-order valence-corrected chi connectivity index (χ4v) is 2.28. The van der Waals surface area contributed by atoms with Crippen LogP contribution in [0.25, 0.3) is 6.08 Å². The molecule has 0 heterocycles. The lowest BCUT2D eigenvalue weighted by atomic mass is 10.1. The number of phenols is 1. The standard InChI is InChI=1S/C19H20O6/c1-22-13-10-17(23-2)14(18(11-13)24-3)6-8-15(20)12-5-7-16(21)19(9-12)25-4/h5-11,21H,1-4H3. The molecule has 0 aliphatic heterocycles. The van der Waals surface area contributed by atoms with Crippen molar-refractivity contribution >= 4 is 11.9 Å². The fraction of sp³-hybridized carbons (Fsp3) is 0.211. The van der Waals surface area contributed by atoms with Gasteiger partial charge in [0.1, 0.15) is 17.2 Å². The number of ether oxygens (including phenoxy) is 4. The molecule has 0 spiro atoms. The van der Waals surface area contributed by atoms with Crippen molar-refractivity contribution in [3.05, 3.63) is 47.5 Å². The summed E-state index contributed by atoms with van der Waals surface area (Å²) < 4.78 is 20.9. The molecule has 0 aromatic heterocycles. The van der Waals surface area contributed by atoms with Crippen LogP contribution in [0.2, 0.25) is 0 Å². The average molecular weight is 344 g/mol. The first-order chi connectivity index (χ1) is 12.0. The molecule has 25 heavy (non-hydrogen) atoms. The molecule has 0 bridgehead atoms. The minimum atomic E-state index is -0.252. The molecule has 0 unspecified atom stereocenters. The van der Waals surface area contributed by atoms with Crippen LogP contribution in [-0.2, 0) is 0 Å². The predicted octanol–water partition coefficient (Wildman–Crippen LogP) is 3.32. The second kappa shape index (κ2) is 8.10. The van der Waals surface area contributed by atoms with Crippen LogP contribution >= 0.6 is 0 Å². The molecule has 2 aromatic carbocycles. The van der Waals surface area contributed by atoms with Crippen molar-refractivity contribution in [2.24, 2.45) is 0 Å². The average Bonchev–Trinajstić information content (AvgIpc) is 2.65. The maximum atomic E-state index is 12.4. The number of hydrogen-bond donors (Lipinski definition) is 1. The third-order valence-corrected chi connectivity index (χ3v) is 3.62. The van der Waals surface area contributed by atoms with Crippen LogP contribution in [0.4, 0.5) is 0 Å². The van der Waals surface area contributed by atoms with Crippen molar-refractivity contribution in [3.63, 3.8) is 0 Å². The van der Waals surface area contributed by atoms with E-state index >= 15 is 0 Å². The number of carbonyl (C=O) groups is 1. The van der Waals surface area contributed by atoms with Gasteiger partial charge in [0.25, 0.3) is 0 Å². The highest BCUT2D eigenvalue weighted by Gasteiger charge is 2.12. The normalized spacial score (nSPS) is 10.6. The molecule has 0 atom stereocenters. The minimum Gasteiger partial charge on any atom is -0.504 e. The van der Waals surface area contributed by atoms with E-state index < -0.39 is 0 Å². The Bertz CT molecular complexity index is 769. The first-order valence-electron chi connectivity index (χ1n) is 7.43. The predicted molar refractivity (Wildman–Crippen MR) is 94.1 cm³/mol. The number of rotatable bonds is 7. The molecule has 0 saturated heterocycles. The van der Waals surface area contributed by atoms with Gasteiger partial charge in [-0.05, 0) is 30.4 Å². The summed E-state index contributed by atoms with van der Waals surface area (Å²) in [6, 6.07) is 7.82. The monoisotopic (exact) mass is 344 g/mol. The Morgan fingerprint density at radius 1 is 0.880 bits per heavy atom. The quantitative estimate of drug-likeness (QED) is 0.613. The van der Waals surface area contributed by atoms with Gasteiger partial charge in [0.2, 0.25) is 0 Å². The van der Waals surface area contributed by atoms with Crippen LogP contribution in [0.5, 0.6) is 28.7 Å². The number of aromatic hydroxyl groups is 1. The Labute approximate surface area is 146 Å². The van der Waals surface area contributed by atoms with E-state index in [9.17, 15) is 9.90 Å². The third-order valence-electron chi connectivity index (χ3n) is 3.62. The number of benzene rings is 2. The highest BCUT2D eigenvalue weighted by atomic mass is 16.5. The zero-order valence-corrected chi connectivity index (χ0v) is 14.5. The smallest absolute Gasteiger partial charge is 0.185 e. The van der Waals surface area contributed by atoms with E-state index in [1.54, 1.807) is 25.3 Å². The fourth-order valence-electron chi connectivity index (χ4n) is 2.28. The number of methoxy groups -OCH3 is 4. The van der Waals surface area contributed by atoms with Gasteiger partial charge in [0, 0.05) is 17.7 Å². The first kappa shape index (κ1) is 18.2. The van der Waals surface area contributed by atoms with E-state index in [-0.39, 0.29) is 17.3 Å². The van der Waals surface area contributed by atoms with Crippen molar-refractivity contribution in [1.82, 2.24) is 0 Å². The molecule has 1 N–H and O–H groups in total. The summed E-state index contributed by atoms with van der Waals surface area (Å²) in [6.45, 7) is 0. The summed E-state index contributed by atoms with van der Waals surface area (Å²) in [5.74, 6) is 1.58. The summed E-state index contributed by atoms with van der Waals surface area (Å²) >= 11 is 0. The molecule has 2 aromatic rings. The number of hydrogen-bond acceptors (Lipinski definition) is 6. The van der Waals surface area contributed by atoms with Crippen LogP contribution in [0, 0.1) is 0 Å². The Kier molecular flexibility index (Phi) is 5.89. The molecule has 0 fully saturated rings. The zero-order valence-electron chi connectivity index (χ0n) is 14.5. The van der Waals surface area contributed by atoms with E-state index in [4.69, 9.17) is 18.9 Å². The van der Waals surface area contributed by atoms with Crippen molar-refractivity contribution in [3.8, 4) is 28.7 Å². The van der Waals surface area contributed by atoms with Gasteiger partial charge >= 0.3 is 0 Å². The van der Waals surface area contributed by atoms with Gasteiger partial charge in [-0.3, -0.25) is 4.79 Å². The van der Waals surface area contributed by atoms with E-state index in [0.717, 1.165) is 0 Å². The van der Waals surface area contributed by atoms with E-state index in [0.29, 0.717) is 28.4 Å². The van der Waals surface area contributed by atoms with Crippen LogP contribution in [0.1, 0.15) is 15.9 Å². The Morgan fingerprint density at radius 2 is 1.48 bits per heavy atom. The molecule has 0 aliphatic rings. The number of allylic oxidation sites excluding steroid dienone is 1. The van der Waals surface area contributed by atoms with E-state index in [2.05, 4.69) is 0 Å². The Morgan fingerprint density at radius 3 is 2.00 bits per heavy atom. The second-order valence-corrected chi connectivity index (χ2v) is 5.03. The van der Waals surface area contributed by atoms with Gasteiger partial charge in [-0.25, -0.2) is 0 Å². The van der Waals surface area contributed by atoms with Gasteiger partial charge < -0.3 is 24.1 Å². The van der Waals surface area contributed by atoms with Gasteiger partial charge in [-0.1, -0.05) is 0 Å². The summed E-state index contributed by atoms with van der Waals surface area (Å²) in [7, 11) is 6.02. The summed E-state index contributed by atoms with van der Waals surface area (Å²) in [5.41, 5.74) is 1.00. The molecule has 0 radical (unpaired) electrons. The molecule has 6 nitrogen and oxygen atoms in total. The van der Waals surface area contributed by atoms with Crippen molar-refractivity contribution in [2.75, 3.05) is 28.4 Å². The van der Waals surface area contributed by atoms with Gasteiger partial charge in [0.05, 0.1) is 34.0 Å². The second-order valence-electron chi connectivity index (χ2n) is 5.03. The van der Waals surface area contributed by atoms with Crippen LogP contribution in [0.15, 0.2) is 36.4 Å². The highest BCUT2D eigenvalue weighted by Crippen LogP contribution is 2.35. The summed E-state index contributed by atoms with van der Waals surface area (Å²) in [6.07, 6.45) is 3.01. The maximum absolute atomic E-state index is 12.4. The van der Waals surface area contributed by atoms with Crippen LogP contribution < -0.4 is 18.9 Å². The lowest BCUT2D eigenvalue weighted by Crippen LogP contribution is -1.97. The molecule has 6 heteroatoms. The first-order valence-corrected chi connectivity index (χ1v) is 7.43. The highest BCUT2D eigenvalue weighted by molar-refractivity contribution is 6.07. The molecular weight excluding hydrogens is 324 g/mol. The lowest BCUT2D eigenvalue weighted by molar-refractivity contribution is 0.104. The van der Waals surface area contributed by atoms with Gasteiger partial charge in [-0.15, -0.1) is 0 Å². The topological polar surface area (TPSA) is 74.2 Å². The molecule has 2 rings (SSSR count). The van der Waals surface area contributed by atoms with Gasteiger partial charge in [-0.2, -0.15) is 0 Å². The molecular formula is C19H20O6. The summed E-state index contributed by atoms with van der Waals surface area (Å²) in [4.78, 5) is 12.4. The van der Waals surface area contributed by atoms with Crippen LogP contribution in [0.3, 0.4) is 0 Å². The van der Waals surface area contributed by atoms with Crippen LogP contribution in [-0.4, -0.2) is 39.3 Å². The lowest BCUT2D eigenvalue weighted by Gasteiger charge is -2.12. The number of phenolic OH excluding ortho intramolecular Hbond substituents is 1. The van der Waals surface area contributed by atoms with Crippen molar-refractivity contribution in [2.45, 2.75) is 0 Å². The van der Waals surface area contributed by atoms with Gasteiger partial charge in [0.15, 0.2) is 17.3 Å². The SMILES string of the molecule is COc1cc(OC)c(C=CC(=O)c2ccc(O)c(OC)c2)c(OC)c1. The Hall–Kier alpha value is -3.15. The Balaban J connectivity index is 2.36. The molecule has 0 amide bonds. The number of ketones is 1.